The lowest BCUT2D eigenvalue weighted by Crippen LogP contribution is -2.00. The molecule has 2 aromatic rings. The van der Waals surface area contributed by atoms with Gasteiger partial charge in [-0.1, -0.05) is 47.5 Å². The van der Waals surface area contributed by atoms with Gasteiger partial charge in [-0.3, -0.25) is 0 Å². The Hall–Kier alpha value is -1.18. The molecule has 88 valence electrons. The Balaban J connectivity index is 2.10. The molecule has 0 radical (unpaired) electrons. The molecule has 1 N–H and O–H groups in total. The van der Waals surface area contributed by atoms with Gasteiger partial charge in [0.15, 0.2) is 0 Å². The zero-order valence-electron chi connectivity index (χ0n) is 9.50. The first-order chi connectivity index (χ1) is 8.16. The van der Waals surface area contributed by atoms with E-state index in [9.17, 15) is 0 Å². The van der Waals surface area contributed by atoms with E-state index < -0.39 is 0 Å². The lowest BCUT2D eigenvalue weighted by atomic mass is 10.2. The summed E-state index contributed by atoms with van der Waals surface area (Å²) in [5.41, 5.74) is 3.14. The Labute approximate surface area is 111 Å². The fraction of sp³-hybridized carbons (Fsp3) is 0.143. The van der Waals surface area contributed by atoms with Crippen LogP contribution in [-0.2, 0) is 6.54 Å². The van der Waals surface area contributed by atoms with Gasteiger partial charge in [-0.05, 0) is 36.2 Å². The van der Waals surface area contributed by atoms with E-state index in [1.807, 2.05) is 49.4 Å². The zero-order chi connectivity index (χ0) is 12.3. The lowest BCUT2D eigenvalue weighted by Gasteiger charge is -2.10. The second-order valence-electron chi connectivity index (χ2n) is 3.93. The highest BCUT2D eigenvalue weighted by molar-refractivity contribution is 6.33. The Bertz CT molecular complexity index is 523. The quantitative estimate of drug-likeness (QED) is 0.831. The van der Waals surface area contributed by atoms with Crippen LogP contribution in [0, 0.1) is 6.92 Å². The number of anilines is 1. The second-order valence-corrected chi connectivity index (χ2v) is 4.74. The molecule has 0 aliphatic rings. The average molecular weight is 266 g/mol. The largest absolute Gasteiger partial charge is 0.380 e. The highest BCUT2D eigenvalue weighted by Gasteiger charge is 2.02. The predicted molar refractivity (Wildman–Crippen MR) is 75.0 cm³/mol. The van der Waals surface area contributed by atoms with Gasteiger partial charge < -0.3 is 5.32 Å². The third kappa shape index (κ3) is 3.15. The van der Waals surface area contributed by atoms with Crippen molar-refractivity contribution < 1.29 is 0 Å². The van der Waals surface area contributed by atoms with E-state index in [2.05, 4.69) is 5.32 Å². The number of benzene rings is 2. The first kappa shape index (κ1) is 12.3. The van der Waals surface area contributed by atoms with Gasteiger partial charge in [0.25, 0.3) is 0 Å². The number of nitrogens with one attached hydrogen (secondary N) is 1. The lowest BCUT2D eigenvalue weighted by molar-refractivity contribution is 1.15. The van der Waals surface area contributed by atoms with E-state index >= 15 is 0 Å². The van der Waals surface area contributed by atoms with Crippen LogP contribution < -0.4 is 5.32 Å². The van der Waals surface area contributed by atoms with Crippen LogP contribution in [0.1, 0.15) is 11.1 Å². The highest BCUT2D eigenvalue weighted by atomic mass is 35.5. The Morgan fingerprint density at radius 2 is 1.76 bits per heavy atom. The summed E-state index contributed by atoms with van der Waals surface area (Å²) >= 11 is 12.2. The molecule has 0 saturated carbocycles. The van der Waals surface area contributed by atoms with Crippen molar-refractivity contribution in [3.63, 3.8) is 0 Å². The van der Waals surface area contributed by atoms with Gasteiger partial charge in [-0.15, -0.1) is 0 Å². The minimum Gasteiger partial charge on any atom is -0.380 e. The Morgan fingerprint density at radius 1 is 1.00 bits per heavy atom. The van der Waals surface area contributed by atoms with Crippen LogP contribution >= 0.6 is 23.2 Å². The molecular weight excluding hydrogens is 253 g/mol. The summed E-state index contributed by atoms with van der Waals surface area (Å²) in [5.74, 6) is 0. The summed E-state index contributed by atoms with van der Waals surface area (Å²) in [4.78, 5) is 0. The van der Waals surface area contributed by atoms with Gasteiger partial charge in [0, 0.05) is 11.6 Å². The number of hydrogen-bond donors (Lipinski definition) is 1. The van der Waals surface area contributed by atoms with Crippen LogP contribution in [0.2, 0.25) is 10.0 Å². The number of rotatable bonds is 3. The molecule has 0 spiro atoms. The molecule has 17 heavy (non-hydrogen) atoms. The summed E-state index contributed by atoms with van der Waals surface area (Å²) in [6.07, 6.45) is 0. The summed E-state index contributed by atoms with van der Waals surface area (Å²) in [7, 11) is 0. The maximum atomic E-state index is 6.14. The molecule has 3 heteroatoms. The van der Waals surface area contributed by atoms with Gasteiger partial charge in [0.2, 0.25) is 0 Å². The third-order valence-corrected chi connectivity index (χ3v) is 3.23. The van der Waals surface area contributed by atoms with E-state index in [0.717, 1.165) is 26.9 Å². The number of hydrogen-bond acceptors (Lipinski definition) is 1. The van der Waals surface area contributed by atoms with Crippen LogP contribution in [-0.4, -0.2) is 0 Å². The smallest absolute Gasteiger partial charge is 0.0640 e. The maximum absolute atomic E-state index is 6.14. The zero-order valence-corrected chi connectivity index (χ0v) is 11.0. The van der Waals surface area contributed by atoms with Gasteiger partial charge in [0.1, 0.15) is 0 Å². The molecule has 1 nitrogen and oxygen atoms in total. The van der Waals surface area contributed by atoms with Crippen LogP contribution in [0.4, 0.5) is 5.69 Å². The number of halogens is 2. The van der Waals surface area contributed by atoms with Crippen molar-refractivity contribution in [2.45, 2.75) is 13.5 Å². The molecule has 0 aromatic heterocycles. The first-order valence-electron chi connectivity index (χ1n) is 5.40. The predicted octanol–water partition coefficient (Wildman–Crippen LogP) is 4.91. The van der Waals surface area contributed by atoms with Gasteiger partial charge in [0.05, 0.1) is 10.7 Å². The summed E-state index contributed by atoms with van der Waals surface area (Å²) in [6, 6.07) is 13.7. The SMILES string of the molecule is Cc1ccc(NCc2ccccc2Cl)c(Cl)c1. The molecule has 0 heterocycles. The molecule has 0 bridgehead atoms. The molecule has 2 aromatic carbocycles. The molecule has 0 aliphatic carbocycles. The second kappa shape index (κ2) is 5.44. The molecule has 0 aliphatic heterocycles. The molecular formula is C14H13Cl2N. The van der Waals surface area contributed by atoms with E-state index in [1.54, 1.807) is 0 Å². The summed E-state index contributed by atoms with van der Waals surface area (Å²) in [6.45, 7) is 2.69. The molecule has 0 atom stereocenters. The molecule has 0 saturated heterocycles. The van der Waals surface area contributed by atoms with E-state index in [4.69, 9.17) is 23.2 Å². The molecule has 0 fully saturated rings. The summed E-state index contributed by atoms with van der Waals surface area (Å²) < 4.78 is 0. The van der Waals surface area contributed by atoms with Crippen LogP contribution in [0.25, 0.3) is 0 Å². The van der Waals surface area contributed by atoms with Crippen LogP contribution in [0.15, 0.2) is 42.5 Å². The average Bonchev–Trinajstić information content (AvgIpc) is 2.30. The van der Waals surface area contributed by atoms with Crippen molar-refractivity contribution in [1.29, 1.82) is 0 Å². The first-order valence-corrected chi connectivity index (χ1v) is 6.16. The number of aryl methyl sites for hydroxylation is 1. The van der Waals surface area contributed by atoms with Crippen molar-refractivity contribution in [3.8, 4) is 0 Å². The van der Waals surface area contributed by atoms with Crippen molar-refractivity contribution in [2.75, 3.05) is 5.32 Å². The fourth-order valence-corrected chi connectivity index (χ4v) is 2.10. The minimum atomic E-state index is 0.669. The van der Waals surface area contributed by atoms with Crippen molar-refractivity contribution in [3.05, 3.63) is 63.6 Å². The molecule has 0 amide bonds. The van der Waals surface area contributed by atoms with Crippen molar-refractivity contribution >= 4 is 28.9 Å². The van der Waals surface area contributed by atoms with Crippen LogP contribution in [0.5, 0.6) is 0 Å². The summed E-state index contributed by atoms with van der Waals surface area (Å²) in [5, 5.41) is 4.78. The highest BCUT2D eigenvalue weighted by Crippen LogP contribution is 2.24. The van der Waals surface area contributed by atoms with Crippen molar-refractivity contribution in [1.82, 2.24) is 0 Å². The normalized spacial score (nSPS) is 10.3. The van der Waals surface area contributed by atoms with E-state index in [0.29, 0.717) is 6.54 Å². The maximum Gasteiger partial charge on any atom is 0.0640 e. The molecule has 2 rings (SSSR count). The van der Waals surface area contributed by atoms with Crippen molar-refractivity contribution in [2.24, 2.45) is 0 Å². The molecule has 0 unspecified atom stereocenters. The van der Waals surface area contributed by atoms with E-state index in [-0.39, 0.29) is 0 Å². The van der Waals surface area contributed by atoms with Gasteiger partial charge in [-0.25, -0.2) is 0 Å². The van der Waals surface area contributed by atoms with Gasteiger partial charge in [-0.2, -0.15) is 0 Å². The monoisotopic (exact) mass is 265 g/mol. The standard InChI is InChI=1S/C14H13Cl2N/c1-10-6-7-14(13(16)8-10)17-9-11-4-2-3-5-12(11)15/h2-8,17H,9H2,1H3. The Morgan fingerprint density at radius 3 is 2.47 bits per heavy atom. The third-order valence-electron chi connectivity index (χ3n) is 2.55. The fourth-order valence-electron chi connectivity index (χ4n) is 1.60. The van der Waals surface area contributed by atoms with Gasteiger partial charge >= 0.3 is 0 Å². The topological polar surface area (TPSA) is 12.0 Å². The van der Waals surface area contributed by atoms with E-state index in [1.165, 1.54) is 0 Å². The van der Waals surface area contributed by atoms with Crippen LogP contribution in [0.3, 0.4) is 0 Å². The minimum absolute atomic E-state index is 0.669. The Kier molecular flexibility index (Phi) is 3.93.